The van der Waals surface area contributed by atoms with E-state index in [1.54, 1.807) is 12.3 Å². The number of rotatable bonds is 4. The van der Waals surface area contributed by atoms with Crippen LogP contribution >= 0.6 is 12.6 Å². The van der Waals surface area contributed by atoms with Crippen LogP contribution in [0.5, 0.6) is 0 Å². The molecule has 0 aliphatic carbocycles. The van der Waals surface area contributed by atoms with Crippen molar-refractivity contribution in [2.45, 2.75) is 18.1 Å². The van der Waals surface area contributed by atoms with E-state index in [-0.39, 0.29) is 4.75 Å². The van der Waals surface area contributed by atoms with E-state index in [2.05, 4.69) is 37.1 Å². The Hall–Kier alpha value is -1.48. The first-order valence-corrected chi connectivity index (χ1v) is 6.29. The van der Waals surface area contributed by atoms with Gasteiger partial charge in [-0.1, -0.05) is 43.0 Å². The van der Waals surface area contributed by atoms with Crippen molar-refractivity contribution in [3.05, 3.63) is 60.5 Å². The average molecular weight is 260 g/mol. The molecular formula is C15H20N2S. The van der Waals surface area contributed by atoms with Gasteiger partial charge >= 0.3 is 0 Å². The molecule has 0 spiro atoms. The Kier molecular flexibility index (Phi) is 5.23. The molecule has 1 aliphatic rings. The van der Waals surface area contributed by atoms with Crippen molar-refractivity contribution >= 4 is 19.3 Å². The van der Waals surface area contributed by atoms with Crippen LogP contribution in [0.3, 0.4) is 0 Å². The third-order valence-electron chi connectivity index (χ3n) is 3.06. The van der Waals surface area contributed by atoms with Crippen LogP contribution in [0.1, 0.15) is 13.3 Å². The maximum Gasteiger partial charge on any atom is 0.0639 e. The normalized spacial score (nSPS) is 27.3. The highest BCUT2D eigenvalue weighted by Crippen LogP contribution is 2.41. The summed E-state index contributed by atoms with van der Waals surface area (Å²) in [4.78, 5) is 3.86. The molecule has 3 heteroatoms. The number of hydrogen-bond donors (Lipinski definition) is 2. The molecule has 0 aromatic heterocycles. The van der Waals surface area contributed by atoms with E-state index in [9.17, 15) is 0 Å². The highest BCUT2D eigenvalue weighted by atomic mass is 32.1. The molecule has 1 atom stereocenters. The summed E-state index contributed by atoms with van der Waals surface area (Å²) in [6.07, 6.45) is 10.3. The van der Waals surface area contributed by atoms with Crippen LogP contribution in [0.15, 0.2) is 65.5 Å². The van der Waals surface area contributed by atoms with Gasteiger partial charge in [0.1, 0.15) is 0 Å². The van der Waals surface area contributed by atoms with Crippen molar-refractivity contribution in [1.82, 2.24) is 5.32 Å². The predicted octanol–water partition coefficient (Wildman–Crippen LogP) is 3.44. The van der Waals surface area contributed by atoms with Gasteiger partial charge in [-0.25, -0.2) is 0 Å². The fraction of sp³-hybridized carbons (Fsp3) is 0.267. The van der Waals surface area contributed by atoms with Gasteiger partial charge in [0.05, 0.1) is 4.75 Å². The Morgan fingerprint density at radius 2 is 2.22 bits per heavy atom. The van der Waals surface area contributed by atoms with Crippen LogP contribution in [-0.2, 0) is 0 Å². The zero-order valence-electron chi connectivity index (χ0n) is 10.8. The van der Waals surface area contributed by atoms with Gasteiger partial charge in [0.2, 0.25) is 0 Å². The molecule has 1 fully saturated rings. The van der Waals surface area contributed by atoms with E-state index in [1.807, 2.05) is 18.2 Å². The summed E-state index contributed by atoms with van der Waals surface area (Å²) in [6.45, 7) is 14.1. The lowest BCUT2D eigenvalue weighted by molar-refractivity contribution is 0.597. The van der Waals surface area contributed by atoms with Crippen molar-refractivity contribution in [2.24, 2.45) is 4.99 Å². The molecule has 0 amide bonds. The third kappa shape index (κ3) is 3.05. The lowest BCUT2D eigenvalue weighted by atomic mass is 9.83. The van der Waals surface area contributed by atoms with Crippen LogP contribution in [0.25, 0.3) is 0 Å². The minimum absolute atomic E-state index is 0.338. The number of thiol groups is 1. The second-order valence-electron chi connectivity index (χ2n) is 4.21. The zero-order chi connectivity index (χ0) is 13.6. The number of aliphatic imine (C=N–C) groups is 1. The van der Waals surface area contributed by atoms with Gasteiger partial charge in [-0.15, -0.1) is 0 Å². The Labute approximate surface area is 115 Å². The largest absolute Gasteiger partial charge is 0.385 e. The number of allylic oxidation sites excluding steroid dienone is 5. The van der Waals surface area contributed by atoms with E-state index in [1.165, 1.54) is 0 Å². The first kappa shape index (κ1) is 14.6. The lowest BCUT2D eigenvalue weighted by Crippen LogP contribution is -2.39. The smallest absolute Gasteiger partial charge is 0.0639 e. The summed E-state index contributed by atoms with van der Waals surface area (Å²) in [5, 5.41) is 3.23. The molecule has 0 saturated carbocycles. The third-order valence-corrected chi connectivity index (χ3v) is 3.88. The molecule has 1 heterocycles. The molecule has 0 radical (unpaired) electrons. The molecule has 18 heavy (non-hydrogen) atoms. The minimum atomic E-state index is -0.338. The molecule has 2 nitrogen and oxygen atoms in total. The summed E-state index contributed by atoms with van der Waals surface area (Å²) < 4.78 is -0.338. The van der Waals surface area contributed by atoms with E-state index in [0.717, 1.165) is 29.8 Å². The first-order valence-electron chi connectivity index (χ1n) is 5.84. The Bertz CT molecular complexity index is 443. The molecule has 96 valence electrons. The highest BCUT2D eigenvalue weighted by molar-refractivity contribution is 7.82. The van der Waals surface area contributed by atoms with Crippen LogP contribution in [-0.4, -0.2) is 18.0 Å². The average Bonchev–Trinajstić information content (AvgIpc) is 2.34. The summed E-state index contributed by atoms with van der Waals surface area (Å²) in [7, 11) is 0. The van der Waals surface area contributed by atoms with Gasteiger partial charge in [0, 0.05) is 24.0 Å². The molecule has 0 bridgehead atoms. The lowest BCUT2D eigenvalue weighted by Gasteiger charge is -2.38. The zero-order valence-corrected chi connectivity index (χ0v) is 11.7. The summed E-state index contributed by atoms with van der Waals surface area (Å²) in [5.74, 6) is 0. The summed E-state index contributed by atoms with van der Waals surface area (Å²) in [5.41, 5.74) is 3.00. The maximum absolute atomic E-state index is 4.85. The Morgan fingerprint density at radius 3 is 2.83 bits per heavy atom. The van der Waals surface area contributed by atoms with Crippen molar-refractivity contribution in [2.75, 3.05) is 6.54 Å². The van der Waals surface area contributed by atoms with E-state index < -0.39 is 0 Å². The SMILES string of the molecule is C=C/C=C\C=C(/C)C1(S)CCNC(=C)/C1=C\N=C. The molecule has 1 unspecified atom stereocenters. The van der Waals surface area contributed by atoms with Crippen molar-refractivity contribution in [1.29, 1.82) is 0 Å². The predicted molar refractivity (Wildman–Crippen MR) is 84.2 cm³/mol. The minimum Gasteiger partial charge on any atom is -0.385 e. The van der Waals surface area contributed by atoms with Gasteiger partial charge in [-0.3, -0.25) is 4.99 Å². The Balaban J connectivity index is 3.14. The molecule has 0 aromatic carbocycles. The Morgan fingerprint density at radius 1 is 1.50 bits per heavy atom. The summed E-state index contributed by atoms with van der Waals surface area (Å²) in [6, 6.07) is 0. The topological polar surface area (TPSA) is 24.4 Å². The van der Waals surface area contributed by atoms with Crippen LogP contribution < -0.4 is 5.32 Å². The molecule has 1 rings (SSSR count). The standard InChI is InChI=1S/C15H20N2S/c1-5-6-7-8-12(2)15(18)9-10-17-13(3)14(15)11-16-4/h5-8,11,17-18H,1,3-4,9-10H2,2H3/b7-6-,12-8+,14-11+. The van der Waals surface area contributed by atoms with Gasteiger partial charge in [0.15, 0.2) is 0 Å². The van der Waals surface area contributed by atoms with E-state index in [4.69, 9.17) is 12.6 Å². The fourth-order valence-corrected chi connectivity index (χ4v) is 2.35. The number of nitrogens with zero attached hydrogens (tertiary/aromatic N) is 1. The van der Waals surface area contributed by atoms with E-state index in [0.29, 0.717) is 0 Å². The summed E-state index contributed by atoms with van der Waals surface area (Å²) >= 11 is 4.85. The maximum atomic E-state index is 4.85. The molecule has 1 N–H and O–H groups in total. The second-order valence-corrected chi connectivity index (χ2v) is 4.97. The highest BCUT2D eigenvalue weighted by Gasteiger charge is 2.36. The van der Waals surface area contributed by atoms with Gasteiger partial charge in [0.25, 0.3) is 0 Å². The first-order chi connectivity index (χ1) is 8.56. The van der Waals surface area contributed by atoms with Crippen molar-refractivity contribution in [3.63, 3.8) is 0 Å². The van der Waals surface area contributed by atoms with Gasteiger partial charge < -0.3 is 5.32 Å². The van der Waals surface area contributed by atoms with Gasteiger partial charge in [-0.05, 0) is 20.1 Å². The van der Waals surface area contributed by atoms with Crippen molar-refractivity contribution in [3.8, 4) is 0 Å². The second kappa shape index (κ2) is 6.45. The molecule has 0 aromatic rings. The number of nitrogens with one attached hydrogen (secondary N) is 1. The molecular weight excluding hydrogens is 240 g/mol. The van der Waals surface area contributed by atoms with E-state index >= 15 is 0 Å². The van der Waals surface area contributed by atoms with Crippen LogP contribution in [0.2, 0.25) is 0 Å². The quantitative estimate of drug-likeness (QED) is 0.452. The molecule has 1 saturated heterocycles. The van der Waals surface area contributed by atoms with Crippen LogP contribution in [0.4, 0.5) is 0 Å². The van der Waals surface area contributed by atoms with Crippen LogP contribution in [0, 0.1) is 0 Å². The number of piperidine rings is 1. The van der Waals surface area contributed by atoms with Gasteiger partial charge in [-0.2, -0.15) is 12.6 Å². The molecule has 1 aliphatic heterocycles. The monoisotopic (exact) mass is 260 g/mol. The fourth-order valence-electron chi connectivity index (χ4n) is 1.98. The number of hydrogen-bond acceptors (Lipinski definition) is 3. The van der Waals surface area contributed by atoms with Crippen molar-refractivity contribution < 1.29 is 0 Å².